The molecule has 0 saturated carbocycles. The van der Waals surface area contributed by atoms with Gasteiger partial charge in [-0.05, 0) is 47.4 Å². The van der Waals surface area contributed by atoms with Gasteiger partial charge in [0, 0.05) is 13.0 Å². The number of rotatable bonds is 9. The van der Waals surface area contributed by atoms with Gasteiger partial charge in [0.15, 0.2) is 21.3 Å². The van der Waals surface area contributed by atoms with Crippen LogP contribution in [0.15, 0.2) is 77.7 Å². The van der Waals surface area contributed by atoms with E-state index in [0.717, 1.165) is 11.1 Å². The minimum absolute atomic E-state index is 0.0408. The lowest BCUT2D eigenvalue weighted by Crippen LogP contribution is -2.28. The number of hydrogen-bond donors (Lipinski definition) is 2. The molecule has 1 aliphatic heterocycles. The zero-order valence-corrected chi connectivity index (χ0v) is 18.0. The van der Waals surface area contributed by atoms with Gasteiger partial charge in [0.05, 0.1) is 4.90 Å². The van der Waals surface area contributed by atoms with E-state index >= 15 is 0 Å². The molecule has 0 bridgehead atoms. The summed E-state index contributed by atoms with van der Waals surface area (Å²) >= 11 is 0. The second kappa shape index (κ2) is 9.42. The molecule has 3 aromatic rings. The Kier molecular flexibility index (Phi) is 6.43. The third kappa shape index (κ3) is 4.92. The fourth-order valence-electron chi connectivity index (χ4n) is 3.59. The molecule has 2 N–H and O–H groups in total. The predicted octanol–water partition coefficient (Wildman–Crippen LogP) is 3.69. The van der Waals surface area contributed by atoms with Gasteiger partial charge >= 0.3 is 5.97 Å². The second-order valence-electron chi connectivity index (χ2n) is 7.45. The number of hydrogen-bond acceptors (Lipinski definition) is 6. The molecule has 0 aromatic heterocycles. The van der Waals surface area contributed by atoms with Gasteiger partial charge in [-0.1, -0.05) is 48.5 Å². The lowest BCUT2D eigenvalue weighted by Gasteiger charge is -2.20. The van der Waals surface area contributed by atoms with Crippen LogP contribution in [0.3, 0.4) is 0 Å². The molecular formula is C24H23NO6S. The molecule has 32 heavy (non-hydrogen) atoms. The van der Waals surface area contributed by atoms with Crippen LogP contribution in [0.25, 0.3) is 0 Å². The monoisotopic (exact) mass is 453 g/mol. The zero-order chi connectivity index (χ0) is 22.6. The van der Waals surface area contributed by atoms with Gasteiger partial charge in [0.1, 0.15) is 5.37 Å². The van der Waals surface area contributed by atoms with Crippen LogP contribution in [0, 0.1) is 0 Å². The molecule has 1 atom stereocenters. The maximum atomic E-state index is 13.5. The summed E-state index contributed by atoms with van der Waals surface area (Å²) in [7, 11) is -3.76. The van der Waals surface area contributed by atoms with Crippen LogP contribution in [-0.2, 0) is 27.6 Å². The van der Waals surface area contributed by atoms with Crippen molar-refractivity contribution in [3.63, 3.8) is 0 Å². The first-order valence-corrected chi connectivity index (χ1v) is 11.7. The SMILES string of the molecule is O=C(O)CCc1cccc(CNC(c2ccc3c(c2)OCO3)S(=O)(=O)c2ccccc2)c1. The maximum absolute atomic E-state index is 13.5. The number of carbonyl (C=O) groups is 1. The number of aliphatic carboxylic acids is 1. The summed E-state index contributed by atoms with van der Waals surface area (Å²) in [6.45, 7) is 0.386. The van der Waals surface area contributed by atoms with Crippen LogP contribution < -0.4 is 14.8 Å². The van der Waals surface area contributed by atoms with E-state index in [4.69, 9.17) is 14.6 Å². The van der Waals surface area contributed by atoms with Crippen LogP contribution in [0.2, 0.25) is 0 Å². The van der Waals surface area contributed by atoms with E-state index in [2.05, 4.69) is 5.32 Å². The van der Waals surface area contributed by atoms with Crippen LogP contribution >= 0.6 is 0 Å². The Morgan fingerprint density at radius 2 is 1.69 bits per heavy atom. The Hall–Kier alpha value is -3.36. The molecule has 3 aromatic carbocycles. The molecule has 7 nitrogen and oxygen atoms in total. The summed E-state index contributed by atoms with van der Waals surface area (Å²) in [6.07, 6.45) is 0.455. The smallest absolute Gasteiger partial charge is 0.303 e. The highest BCUT2D eigenvalue weighted by Gasteiger charge is 2.30. The summed E-state index contributed by atoms with van der Waals surface area (Å²) in [4.78, 5) is 11.1. The molecule has 8 heteroatoms. The van der Waals surface area contributed by atoms with Crippen molar-refractivity contribution in [1.82, 2.24) is 5.32 Å². The van der Waals surface area contributed by atoms with Gasteiger partial charge < -0.3 is 14.6 Å². The Morgan fingerprint density at radius 3 is 2.47 bits per heavy atom. The largest absolute Gasteiger partial charge is 0.481 e. The average molecular weight is 454 g/mol. The Bertz CT molecular complexity index is 1210. The van der Waals surface area contributed by atoms with Crippen molar-refractivity contribution < 1.29 is 27.8 Å². The molecule has 0 fully saturated rings. The van der Waals surface area contributed by atoms with E-state index in [0.29, 0.717) is 23.5 Å². The molecule has 0 amide bonds. The third-order valence-corrected chi connectivity index (χ3v) is 7.18. The lowest BCUT2D eigenvalue weighted by molar-refractivity contribution is -0.136. The molecular weight excluding hydrogens is 430 g/mol. The van der Waals surface area contributed by atoms with Crippen molar-refractivity contribution in [2.75, 3.05) is 6.79 Å². The standard InChI is InChI=1S/C24H23NO6S/c26-23(27)12-9-17-5-4-6-18(13-17)15-25-24(32(28,29)20-7-2-1-3-8-20)19-10-11-21-22(14-19)31-16-30-21/h1-8,10-11,13-14,24-25H,9,12,15-16H2,(H,26,27). The molecule has 0 spiro atoms. The minimum atomic E-state index is -3.76. The maximum Gasteiger partial charge on any atom is 0.303 e. The van der Waals surface area contributed by atoms with E-state index in [9.17, 15) is 13.2 Å². The summed E-state index contributed by atoms with van der Waals surface area (Å²) in [5.41, 5.74) is 2.29. The van der Waals surface area contributed by atoms with Crippen molar-refractivity contribution >= 4 is 15.8 Å². The van der Waals surface area contributed by atoms with E-state index in [1.54, 1.807) is 48.5 Å². The fourth-order valence-corrected chi connectivity index (χ4v) is 5.20. The van der Waals surface area contributed by atoms with Gasteiger partial charge in [0.2, 0.25) is 6.79 Å². The topological polar surface area (TPSA) is 102 Å². The van der Waals surface area contributed by atoms with E-state index in [1.807, 2.05) is 24.3 Å². The normalized spacial score (nSPS) is 13.6. The van der Waals surface area contributed by atoms with Crippen molar-refractivity contribution in [3.8, 4) is 11.5 Å². The first-order valence-electron chi connectivity index (χ1n) is 10.1. The van der Waals surface area contributed by atoms with Gasteiger partial charge in [0.25, 0.3) is 0 Å². The summed E-state index contributed by atoms with van der Waals surface area (Å²) in [5.74, 6) is 0.231. The highest BCUT2D eigenvalue weighted by Crippen LogP contribution is 2.36. The summed E-state index contributed by atoms with van der Waals surface area (Å²) < 4.78 is 37.8. The first-order chi connectivity index (χ1) is 15.4. The lowest BCUT2D eigenvalue weighted by atomic mass is 10.1. The number of nitrogens with one attached hydrogen (secondary N) is 1. The first kappa shape index (κ1) is 21.9. The Labute approximate surface area is 186 Å². The quantitative estimate of drug-likeness (QED) is 0.509. The zero-order valence-electron chi connectivity index (χ0n) is 17.2. The fraction of sp³-hybridized carbons (Fsp3) is 0.208. The van der Waals surface area contributed by atoms with Crippen LogP contribution in [0.4, 0.5) is 0 Å². The van der Waals surface area contributed by atoms with Gasteiger partial charge in [-0.3, -0.25) is 10.1 Å². The van der Waals surface area contributed by atoms with Crippen molar-refractivity contribution in [1.29, 1.82) is 0 Å². The number of fused-ring (bicyclic) bond motifs is 1. The molecule has 1 heterocycles. The van der Waals surface area contributed by atoms with Crippen LogP contribution in [0.5, 0.6) is 11.5 Å². The molecule has 1 aliphatic rings. The number of benzene rings is 3. The molecule has 0 radical (unpaired) electrons. The Morgan fingerprint density at radius 1 is 0.938 bits per heavy atom. The van der Waals surface area contributed by atoms with Gasteiger partial charge in [-0.15, -0.1) is 0 Å². The predicted molar refractivity (Wildman–Crippen MR) is 118 cm³/mol. The summed E-state index contributed by atoms with van der Waals surface area (Å²) in [5, 5.41) is 11.1. The molecule has 1 unspecified atom stereocenters. The molecule has 166 valence electrons. The summed E-state index contributed by atoms with van der Waals surface area (Å²) in [6, 6.07) is 20.9. The second-order valence-corrected chi connectivity index (χ2v) is 9.48. The number of ether oxygens (including phenoxy) is 2. The van der Waals surface area contributed by atoms with Crippen molar-refractivity contribution in [2.45, 2.75) is 29.7 Å². The highest BCUT2D eigenvalue weighted by molar-refractivity contribution is 7.91. The van der Waals surface area contributed by atoms with E-state index in [1.165, 1.54) is 0 Å². The third-order valence-electron chi connectivity index (χ3n) is 5.19. The number of aryl methyl sites for hydroxylation is 1. The minimum Gasteiger partial charge on any atom is -0.481 e. The van der Waals surface area contributed by atoms with Crippen molar-refractivity contribution in [2.24, 2.45) is 0 Å². The highest BCUT2D eigenvalue weighted by atomic mass is 32.2. The van der Waals surface area contributed by atoms with Crippen LogP contribution in [-0.4, -0.2) is 26.3 Å². The molecule has 0 aliphatic carbocycles. The number of carboxylic acids is 1. The van der Waals surface area contributed by atoms with Crippen LogP contribution in [0.1, 0.15) is 28.5 Å². The van der Waals surface area contributed by atoms with Gasteiger partial charge in [-0.25, -0.2) is 8.42 Å². The van der Waals surface area contributed by atoms with Crippen molar-refractivity contribution in [3.05, 3.63) is 89.5 Å². The average Bonchev–Trinajstić information content (AvgIpc) is 3.27. The van der Waals surface area contributed by atoms with E-state index in [-0.39, 0.29) is 24.7 Å². The van der Waals surface area contributed by atoms with E-state index < -0.39 is 21.2 Å². The number of sulfone groups is 1. The number of carboxylic acid groups (broad SMARTS) is 1. The Balaban J connectivity index is 1.62. The van der Waals surface area contributed by atoms with Gasteiger partial charge in [-0.2, -0.15) is 0 Å². The molecule has 4 rings (SSSR count). The molecule has 0 saturated heterocycles.